The third-order valence-corrected chi connectivity index (χ3v) is 7.24. The maximum Gasteiger partial charge on any atom is 0.321 e. The number of likely N-dealkylation sites (tertiary alicyclic amines) is 1. The van der Waals surface area contributed by atoms with Crippen molar-refractivity contribution in [1.29, 1.82) is 0 Å². The first-order valence-electron chi connectivity index (χ1n) is 12.3. The van der Waals surface area contributed by atoms with Crippen LogP contribution in [0.5, 0.6) is 0 Å². The minimum absolute atomic E-state index is 0.0499. The quantitative estimate of drug-likeness (QED) is 0.317. The van der Waals surface area contributed by atoms with Crippen LogP contribution in [0.4, 0.5) is 4.39 Å². The summed E-state index contributed by atoms with van der Waals surface area (Å²) < 4.78 is 20.2. The number of halogens is 1. The van der Waals surface area contributed by atoms with Gasteiger partial charge < -0.3 is 14.7 Å². The molecule has 1 atom stereocenters. The van der Waals surface area contributed by atoms with Crippen LogP contribution >= 0.6 is 0 Å². The van der Waals surface area contributed by atoms with Crippen molar-refractivity contribution in [2.75, 3.05) is 6.54 Å². The Bertz CT molecular complexity index is 1460. The number of carboxylic acids is 2. The fourth-order valence-corrected chi connectivity index (χ4v) is 4.96. The molecular weight excluding hydrogens is 489 g/mol. The maximum absolute atomic E-state index is 14.8. The molecule has 2 N–H and O–H groups in total. The highest BCUT2D eigenvalue weighted by Crippen LogP contribution is 2.36. The Labute approximate surface area is 218 Å². The van der Waals surface area contributed by atoms with Crippen LogP contribution in [0.3, 0.4) is 0 Å². The van der Waals surface area contributed by atoms with E-state index in [9.17, 15) is 24.2 Å². The van der Waals surface area contributed by atoms with Crippen LogP contribution in [0, 0.1) is 11.2 Å². The third kappa shape index (κ3) is 4.80. The summed E-state index contributed by atoms with van der Waals surface area (Å²) in [5.74, 6) is -2.36. The van der Waals surface area contributed by atoms with Crippen molar-refractivity contribution in [2.45, 2.75) is 32.4 Å². The van der Waals surface area contributed by atoms with E-state index in [1.165, 1.54) is 6.07 Å². The number of nitrogens with zero attached hydrogens (tertiary/aromatic N) is 3. The average molecular weight is 516 g/mol. The van der Waals surface area contributed by atoms with E-state index in [4.69, 9.17) is 4.52 Å². The summed E-state index contributed by atoms with van der Waals surface area (Å²) >= 11 is 0. The van der Waals surface area contributed by atoms with Crippen molar-refractivity contribution in [3.8, 4) is 34.0 Å². The lowest BCUT2D eigenvalue weighted by molar-refractivity contribution is -0.170. The molecule has 4 aromatic rings. The molecule has 1 aliphatic rings. The highest BCUT2D eigenvalue weighted by atomic mass is 19.1. The molecule has 38 heavy (non-hydrogen) atoms. The lowest BCUT2D eigenvalue weighted by Gasteiger charge is -2.41. The van der Waals surface area contributed by atoms with Crippen molar-refractivity contribution in [3.63, 3.8) is 0 Å². The van der Waals surface area contributed by atoms with Crippen molar-refractivity contribution < 1.29 is 28.7 Å². The number of carbonyl (C=O) groups is 2. The first kappa shape index (κ1) is 25.3. The van der Waals surface area contributed by atoms with Crippen LogP contribution in [0.25, 0.3) is 34.0 Å². The first-order chi connectivity index (χ1) is 18.3. The number of piperidine rings is 1. The fourth-order valence-electron chi connectivity index (χ4n) is 4.96. The summed E-state index contributed by atoms with van der Waals surface area (Å²) in [7, 11) is 0. The maximum atomic E-state index is 14.8. The van der Waals surface area contributed by atoms with Gasteiger partial charge >= 0.3 is 11.9 Å². The number of aliphatic carboxylic acids is 2. The first-order valence-corrected chi connectivity index (χ1v) is 12.3. The van der Waals surface area contributed by atoms with Crippen molar-refractivity contribution >= 4 is 11.9 Å². The molecule has 1 aliphatic heterocycles. The van der Waals surface area contributed by atoms with E-state index in [2.05, 4.69) is 15.0 Å². The number of aromatic nitrogens is 2. The van der Waals surface area contributed by atoms with Gasteiger partial charge in [-0.15, -0.1) is 0 Å². The zero-order valence-electron chi connectivity index (χ0n) is 20.7. The Hall–Kier alpha value is -4.37. The van der Waals surface area contributed by atoms with E-state index in [0.29, 0.717) is 30.0 Å². The van der Waals surface area contributed by atoms with Gasteiger partial charge in [0, 0.05) is 35.8 Å². The Kier molecular flexibility index (Phi) is 6.77. The van der Waals surface area contributed by atoms with Gasteiger partial charge in [-0.2, -0.15) is 4.98 Å². The highest BCUT2D eigenvalue weighted by Gasteiger charge is 2.50. The lowest BCUT2D eigenvalue weighted by atomic mass is 9.75. The Morgan fingerprint density at radius 3 is 2.32 bits per heavy atom. The summed E-state index contributed by atoms with van der Waals surface area (Å²) in [5, 5.41) is 23.1. The molecule has 3 aromatic carbocycles. The van der Waals surface area contributed by atoms with Crippen molar-refractivity contribution in [2.24, 2.45) is 5.41 Å². The minimum Gasteiger partial charge on any atom is -0.480 e. The van der Waals surface area contributed by atoms with Crippen LogP contribution in [0.1, 0.15) is 25.3 Å². The average Bonchev–Trinajstić information content (AvgIpc) is 3.41. The zero-order valence-corrected chi connectivity index (χ0v) is 20.7. The molecule has 0 bridgehead atoms. The van der Waals surface area contributed by atoms with Crippen LogP contribution in [-0.4, -0.2) is 49.8 Å². The van der Waals surface area contributed by atoms with Crippen molar-refractivity contribution in [3.05, 3.63) is 84.2 Å². The molecule has 2 heterocycles. The summed E-state index contributed by atoms with van der Waals surface area (Å²) in [6.45, 7) is 2.78. The van der Waals surface area contributed by atoms with Crippen LogP contribution in [0.15, 0.2) is 77.3 Å². The number of rotatable bonds is 7. The molecular formula is C29H26FN3O5. The third-order valence-electron chi connectivity index (χ3n) is 7.24. The number of benzene rings is 3. The highest BCUT2D eigenvalue weighted by molar-refractivity contribution is 5.98. The molecule has 5 rings (SSSR count). The predicted octanol–water partition coefficient (Wildman–Crippen LogP) is 5.35. The normalized spacial score (nSPS) is 17.3. The van der Waals surface area contributed by atoms with Gasteiger partial charge in [-0.05, 0) is 43.0 Å². The molecule has 1 aromatic heterocycles. The molecule has 0 aliphatic carbocycles. The van der Waals surface area contributed by atoms with Crippen LogP contribution in [-0.2, 0) is 16.1 Å². The van der Waals surface area contributed by atoms with E-state index in [0.717, 1.165) is 16.7 Å². The standard InChI is InChI=1S/C29H26FN3O5/c1-18-16-29(27(34)35,28(36)37)13-14-33(18)17-19-7-9-21(10-8-19)25-31-26(38-32-25)22-11-12-23(24(30)15-22)20-5-3-2-4-6-20/h2-12,15,18H,13-14,16-17H2,1H3,(H,34,35)(H,36,37). The topological polar surface area (TPSA) is 117 Å². The van der Waals surface area contributed by atoms with Gasteiger partial charge in [-0.1, -0.05) is 65.8 Å². The predicted molar refractivity (Wildman–Crippen MR) is 137 cm³/mol. The number of hydrogen-bond acceptors (Lipinski definition) is 6. The molecule has 0 amide bonds. The van der Waals surface area contributed by atoms with Crippen LogP contribution in [0.2, 0.25) is 0 Å². The molecule has 194 valence electrons. The molecule has 0 saturated carbocycles. The van der Waals surface area contributed by atoms with Crippen molar-refractivity contribution in [1.82, 2.24) is 15.0 Å². The fraction of sp³-hybridized carbons (Fsp3) is 0.241. The Balaban J connectivity index is 1.27. The van der Waals surface area contributed by atoms with Gasteiger partial charge in [0.1, 0.15) is 5.82 Å². The van der Waals surface area contributed by atoms with Gasteiger partial charge in [-0.25, -0.2) is 4.39 Å². The zero-order chi connectivity index (χ0) is 26.9. The number of hydrogen-bond donors (Lipinski definition) is 2. The van der Waals surface area contributed by atoms with Gasteiger partial charge in [0.2, 0.25) is 5.82 Å². The summed E-state index contributed by atoms with van der Waals surface area (Å²) in [4.78, 5) is 29.8. The monoisotopic (exact) mass is 515 g/mol. The van der Waals surface area contributed by atoms with Gasteiger partial charge in [0.25, 0.3) is 5.89 Å². The van der Waals surface area contributed by atoms with E-state index in [1.807, 2.05) is 61.5 Å². The lowest BCUT2D eigenvalue weighted by Crippen LogP contribution is -2.52. The molecule has 8 nitrogen and oxygen atoms in total. The molecule has 1 saturated heterocycles. The van der Waals surface area contributed by atoms with E-state index in [-0.39, 0.29) is 30.6 Å². The smallest absolute Gasteiger partial charge is 0.321 e. The second-order valence-corrected chi connectivity index (χ2v) is 9.65. The van der Waals surface area contributed by atoms with E-state index in [1.54, 1.807) is 12.1 Å². The van der Waals surface area contributed by atoms with Gasteiger partial charge in [-0.3, -0.25) is 14.5 Å². The Morgan fingerprint density at radius 2 is 1.68 bits per heavy atom. The summed E-state index contributed by atoms with van der Waals surface area (Å²) in [6.07, 6.45) is 0.104. The minimum atomic E-state index is -1.74. The molecule has 1 fully saturated rings. The second-order valence-electron chi connectivity index (χ2n) is 9.65. The Morgan fingerprint density at radius 1 is 1.00 bits per heavy atom. The van der Waals surface area contributed by atoms with Crippen LogP contribution < -0.4 is 0 Å². The number of carboxylic acid groups (broad SMARTS) is 2. The van der Waals surface area contributed by atoms with Gasteiger partial charge in [0.05, 0.1) is 0 Å². The molecule has 0 radical (unpaired) electrons. The molecule has 1 unspecified atom stereocenters. The summed E-state index contributed by atoms with van der Waals surface area (Å²) in [5.41, 5.74) is 1.74. The van der Waals surface area contributed by atoms with E-state index < -0.39 is 17.4 Å². The SMILES string of the molecule is CC1CC(C(=O)O)(C(=O)O)CCN1Cc1ccc(-c2noc(-c3ccc(-c4ccccc4)c(F)c3)n2)cc1. The van der Waals surface area contributed by atoms with E-state index >= 15 is 0 Å². The molecule has 0 spiro atoms. The largest absolute Gasteiger partial charge is 0.480 e. The summed E-state index contributed by atoms with van der Waals surface area (Å²) in [6, 6.07) is 21.4. The second kappa shape index (κ2) is 10.2. The van der Waals surface area contributed by atoms with Gasteiger partial charge in [0.15, 0.2) is 5.41 Å². The molecule has 9 heteroatoms.